The molecule has 0 bridgehead atoms. The van der Waals surface area contributed by atoms with Crippen molar-refractivity contribution in [1.29, 1.82) is 0 Å². The summed E-state index contributed by atoms with van der Waals surface area (Å²) in [5.41, 5.74) is 11.0. The Labute approximate surface area is 152 Å². The first-order chi connectivity index (χ1) is 12.4. The van der Waals surface area contributed by atoms with E-state index in [1.54, 1.807) is 0 Å². The maximum atomic E-state index is 14.1. The minimum absolute atomic E-state index is 0.150. The van der Waals surface area contributed by atoms with Crippen LogP contribution in [0, 0.1) is 11.6 Å². The lowest BCUT2D eigenvalue weighted by atomic mass is 9.98. The summed E-state index contributed by atoms with van der Waals surface area (Å²) >= 11 is 0. The number of nitrogens with one attached hydrogen (secondary N) is 1. The molecule has 0 saturated heterocycles. The van der Waals surface area contributed by atoms with Crippen molar-refractivity contribution in [2.24, 2.45) is 5.73 Å². The van der Waals surface area contributed by atoms with Crippen LogP contribution in [0.25, 0.3) is 0 Å². The molecule has 4 rings (SSSR count). The van der Waals surface area contributed by atoms with Crippen LogP contribution in [-0.4, -0.2) is 36.5 Å². The zero-order valence-electron chi connectivity index (χ0n) is 15.1. The standard InChI is InChI=1S/C20H24F2N4/c1-12-8-19(23)25(2)11-18(12)26-7-6-16-13(10-26)9-17(24-16)20-14(21)4-3-5-15(20)22/h3-5,8,17,24H,6-7,9-11,23H2,1-2H3. The van der Waals surface area contributed by atoms with Gasteiger partial charge in [0.1, 0.15) is 11.6 Å². The minimum atomic E-state index is -0.479. The molecule has 0 saturated carbocycles. The minimum Gasteiger partial charge on any atom is -0.385 e. The summed E-state index contributed by atoms with van der Waals surface area (Å²) in [5.74, 6) is -0.180. The number of halogens is 2. The number of rotatable bonds is 2. The third-order valence-corrected chi connectivity index (χ3v) is 5.62. The van der Waals surface area contributed by atoms with E-state index in [9.17, 15) is 8.78 Å². The molecule has 3 aliphatic rings. The van der Waals surface area contributed by atoms with Gasteiger partial charge < -0.3 is 20.9 Å². The molecular formula is C20H24F2N4. The molecular weight excluding hydrogens is 334 g/mol. The molecule has 0 aliphatic carbocycles. The zero-order chi connectivity index (χ0) is 18.4. The molecule has 1 atom stereocenters. The Bertz CT molecular complexity index is 820. The number of nitrogens with two attached hydrogens (primary N) is 1. The highest BCUT2D eigenvalue weighted by atomic mass is 19.1. The van der Waals surface area contributed by atoms with Crippen LogP contribution in [0.3, 0.4) is 0 Å². The van der Waals surface area contributed by atoms with Crippen LogP contribution in [0.4, 0.5) is 8.78 Å². The first-order valence-electron chi connectivity index (χ1n) is 8.98. The van der Waals surface area contributed by atoms with E-state index < -0.39 is 11.6 Å². The predicted molar refractivity (Wildman–Crippen MR) is 97.7 cm³/mol. The van der Waals surface area contributed by atoms with Crippen LogP contribution in [0.1, 0.15) is 31.4 Å². The highest BCUT2D eigenvalue weighted by molar-refractivity contribution is 5.36. The Morgan fingerprint density at radius 1 is 1.19 bits per heavy atom. The lowest BCUT2D eigenvalue weighted by molar-refractivity contribution is 0.302. The summed E-state index contributed by atoms with van der Waals surface area (Å²) in [6.07, 6.45) is 3.51. The van der Waals surface area contributed by atoms with Crippen molar-refractivity contribution >= 4 is 0 Å². The quantitative estimate of drug-likeness (QED) is 0.853. The van der Waals surface area contributed by atoms with Crippen LogP contribution in [0.2, 0.25) is 0 Å². The Morgan fingerprint density at radius 2 is 1.92 bits per heavy atom. The summed E-state index contributed by atoms with van der Waals surface area (Å²) in [7, 11) is 1.99. The number of likely N-dealkylation sites (N-methyl/N-ethyl adjacent to an activating group) is 1. The summed E-state index contributed by atoms with van der Waals surface area (Å²) in [5, 5.41) is 3.36. The third kappa shape index (κ3) is 2.83. The molecule has 3 aliphatic heterocycles. The molecule has 0 aromatic heterocycles. The number of nitrogens with zero attached hydrogens (tertiary/aromatic N) is 2. The number of hydrogen-bond acceptors (Lipinski definition) is 4. The van der Waals surface area contributed by atoms with E-state index in [2.05, 4.69) is 17.1 Å². The van der Waals surface area contributed by atoms with Gasteiger partial charge in [0.2, 0.25) is 0 Å². The van der Waals surface area contributed by atoms with Crippen molar-refractivity contribution in [3.63, 3.8) is 0 Å². The molecule has 0 radical (unpaired) electrons. The van der Waals surface area contributed by atoms with Crippen molar-refractivity contribution in [1.82, 2.24) is 15.1 Å². The predicted octanol–water partition coefficient (Wildman–Crippen LogP) is 2.98. The number of benzene rings is 1. The summed E-state index contributed by atoms with van der Waals surface area (Å²) in [6, 6.07) is 3.74. The molecule has 1 aromatic carbocycles. The smallest absolute Gasteiger partial charge is 0.131 e. The molecule has 0 amide bonds. The molecule has 1 unspecified atom stereocenters. The fourth-order valence-electron chi connectivity index (χ4n) is 4.15. The summed E-state index contributed by atoms with van der Waals surface area (Å²) < 4.78 is 28.3. The van der Waals surface area contributed by atoms with Gasteiger partial charge in [-0.3, -0.25) is 0 Å². The SMILES string of the molecule is CC1=C(N2CCC3=C(CC(c4c(F)cccc4F)N3)C2)CN(C)C(N)=C1. The van der Waals surface area contributed by atoms with E-state index >= 15 is 0 Å². The second-order valence-corrected chi connectivity index (χ2v) is 7.35. The van der Waals surface area contributed by atoms with Gasteiger partial charge in [0.05, 0.1) is 18.4 Å². The van der Waals surface area contributed by atoms with E-state index in [4.69, 9.17) is 5.73 Å². The van der Waals surface area contributed by atoms with Gasteiger partial charge in [0.15, 0.2) is 0 Å². The Hall–Kier alpha value is -2.50. The molecule has 0 spiro atoms. The number of allylic oxidation sites excluding steroid dienone is 2. The van der Waals surface area contributed by atoms with Crippen molar-refractivity contribution in [2.75, 3.05) is 26.7 Å². The van der Waals surface area contributed by atoms with Crippen LogP contribution < -0.4 is 11.1 Å². The fraction of sp³-hybridized carbons (Fsp3) is 0.400. The fourth-order valence-corrected chi connectivity index (χ4v) is 4.15. The largest absolute Gasteiger partial charge is 0.385 e. The van der Waals surface area contributed by atoms with Crippen LogP contribution >= 0.6 is 0 Å². The number of hydrogen-bond donors (Lipinski definition) is 2. The van der Waals surface area contributed by atoms with E-state index in [0.29, 0.717) is 6.42 Å². The van der Waals surface area contributed by atoms with Gasteiger partial charge in [-0.2, -0.15) is 0 Å². The zero-order valence-corrected chi connectivity index (χ0v) is 15.1. The van der Waals surface area contributed by atoms with Gasteiger partial charge in [-0.25, -0.2) is 8.78 Å². The summed E-state index contributed by atoms with van der Waals surface area (Å²) in [6.45, 7) is 4.56. The summed E-state index contributed by atoms with van der Waals surface area (Å²) in [4.78, 5) is 4.41. The molecule has 1 aromatic rings. The van der Waals surface area contributed by atoms with Gasteiger partial charge >= 0.3 is 0 Å². The second-order valence-electron chi connectivity index (χ2n) is 7.35. The third-order valence-electron chi connectivity index (χ3n) is 5.62. The molecule has 138 valence electrons. The molecule has 4 nitrogen and oxygen atoms in total. The van der Waals surface area contributed by atoms with Crippen molar-refractivity contribution < 1.29 is 8.78 Å². The van der Waals surface area contributed by atoms with Crippen LogP contribution in [0.5, 0.6) is 0 Å². The lowest BCUT2D eigenvalue weighted by Crippen LogP contribution is -2.39. The monoisotopic (exact) mass is 358 g/mol. The van der Waals surface area contributed by atoms with Gasteiger partial charge in [0, 0.05) is 43.5 Å². The Kier molecular flexibility index (Phi) is 4.13. The van der Waals surface area contributed by atoms with E-state index in [0.717, 1.165) is 37.6 Å². The first kappa shape index (κ1) is 16.9. The molecule has 6 heteroatoms. The molecule has 3 N–H and O–H groups in total. The van der Waals surface area contributed by atoms with E-state index in [1.165, 1.54) is 35.0 Å². The highest BCUT2D eigenvalue weighted by Crippen LogP contribution is 2.37. The van der Waals surface area contributed by atoms with Crippen molar-refractivity contribution in [3.05, 3.63) is 69.8 Å². The van der Waals surface area contributed by atoms with Crippen molar-refractivity contribution in [3.8, 4) is 0 Å². The van der Waals surface area contributed by atoms with Gasteiger partial charge in [-0.15, -0.1) is 0 Å². The normalized spacial score (nSPS) is 23.2. The molecule has 0 fully saturated rings. The van der Waals surface area contributed by atoms with Crippen molar-refractivity contribution in [2.45, 2.75) is 25.8 Å². The highest BCUT2D eigenvalue weighted by Gasteiger charge is 2.33. The van der Waals surface area contributed by atoms with Crippen LogP contribution in [-0.2, 0) is 0 Å². The van der Waals surface area contributed by atoms with E-state index in [1.807, 2.05) is 18.0 Å². The maximum absolute atomic E-state index is 14.1. The molecule has 26 heavy (non-hydrogen) atoms. The topological polar surface area (TPSA) is 44.5 Å². The Balaban J connectivity index is 1.53. The second kappa shape index (κ2) is 6.34. The average Bonchev–Trinajstić information content (AvgIpc) is 3.00. The average molecular weight is 358 g/mol. The van der Waals surface area contributed by atoms with Gasteiger partial charge in [0.25, 0.3) is 0 Å². The van der Waals surface area contributed by atoms with E-state index in [-0.39, 0.29) is 11.6 Å². The molecule has 3 heterocycles. The van der Waals surface area contributed by atoms with Gasteiger partial charge in [-0.05, 0) is 42.7 Å². The van der Waals surface area contributed by atoms with Crippen LogP contribution in [0.15, 0.2) is 52.6 Å². The van der Waals surface area contributed by atoms with Gasteiger partial charge in [-0.1, -0.05) is 6.07 Å². The lowest BCUT2D eigenvalue weighted by Gasteiger charge is -2.37. The Morgan fingerprint density at radius 3 is 2.65 bits per heavy atom. The maximum Gasteiger partial charge on any atom is 0.131 e. The first-order valence-corrected chi connectivity index (χ1v) is 8.98.